The Hall–Kier alpha value is -1.26. The van der Waals surface area contributed by atoms with Crippen LogP contribution < -0.4 is 5.73 Å². The summed E-state index contributed by atoms with van der Waals surface area (Å²) in [5, 5.41) is 0. The van der Waals surface area contributed by atoms with Crippen molar-refractivity contribution in [3.63, 3.8) is 0 Å². The number of hydrogen-bond acceptors (Lipinski definition) is 2. The molecule has 2 nitrogen and oxygen atoms in total. The fraction of sp³-hybridized carbons (Fsp3) is 0.154. The Morgan fingerprint density at radius 3 is 2.76 bits per heavy atom. The minimum absolute atomic E-state index is 0.381. The summed E-state index contributed by atoms with van der Waals surface area (Å²) in [6.45, 7) is 1.98. The zero-order chi connectivity index (χ0) is 12.4. The summed E-state index contributed by atoms with van der Waals surface area (Å²) >= 11 is 3.48. The zero-order valence-electron chi connectivity index (χ0n) is 9.32. The maximum absolute atomic E-state index is 13.6. The zero-order valence-corrected chi connectivity index (χ0v) is 10.9. The van der Waals surface area contributed by atoms with Gasteiger partial charge in [0.1, 0.15) is 5.82 Å². The largest absolute Gasteiger partial charge is 0.320 e. The van der Waals surface area contributed by atoms with Crippen molar-refractivity contribution in [1.82, 2.24) is 4.98 Å². The van der Waals surface area contributed by atoms with E-state index in [4.69, 9.17) is 5.73 Å². The molecule has 1 aromatic carbocycles. The molecule has 2 aromatic rings. The van der Waals surface area contributed by atoms with Gasteiger partial charge in [-0.2, -0.15) is 0 Å². The van der Waals surface area contributed by atoms with Gasteiger partial charge in [-0.1, -0.05) is 34.1 Å². The summed E-state index contributed by atoms with van der Waals surface area (Å²) in [5.74, 6) is -0.381. The van der Waals surface area contributed by atoms with Gasteiger partial charge < -0.3 is 5.73 Å². The maximum atomic E-state index is 13.6. The van der Waals surface area contributed by atoms with Crippen molar-refractivity contribution in [3.8, 4) is 0 Å². The molecule has 0 aliphatic carbocycles. The van der Waals surface area contributed by atoms with Gasteiger partial charge in [0.25, 0.3) is 0 Å². The topological polar surface area (TPSA) is 38.9 Å². The van der Waals surface area contributed by atoms with Gasteiger partial charge in [-0.3, -0.25) is 4.98 Å². The van der Waals surface area contributed by atoms with Crippen LogP contribution >= 0.6 is 15.9 Å². The summed E-state index contributed by atoms with van der Waals surface area (Å²) in [6.07, 6.45) is 2.72. The minimum atomic E-state index is -0.493. The second kappa shape index (κ2) is 4.94. The van der Waals surface area contributed by atoms with E-state index in [1.165, 1.54) is 6.20 Å². The third-order valence-corrected chi connectivity index (χ3v) is 3.78. The van der Waals surface area contributed by atoms with E-state index in [0.717, 1.165) is 15.6 Å². The maximum Gasteiger partial charge on any atom is 0.146 e. The van der Waals surface area contributed by atoms with E-state index >= 15 is 0 Å². The van der Waals surface area contributed by atoms with E-state index in [2.05, 4.69) is 20.9 Å². The first-order chi connectivity index (χ1) is 8.11. The standard InChI is InChI=1S/C13H12BrFN2/c1-8-3-2-4-10(12(8)14)13(16)9-5-6-17-7-11(9)15/h2-7,13H,16H2,1H3. The van der Waals surface area contributed by atoms with Gasteiger partial charge in [0.2, 0.25) is 0 Å². The van der Waals surface area contributed by atoms with Crippen LogP contribution in [0.1, 0.15) is 22.7 Å². The summed E-state index contributed by atoms with van der Waals surface area (Å²) in [4.78, 5) is 3.72. The monoisotopic (exact) mass is 294 g/mol. The molecular weight excluding hydrogens is 283 g/mol. The van der Waals surface area contributed by atoms with Crippen LogP contribution in [0.15, 0.2) is 41.1 Å². The Morgan fingerprint density at radius 2 is 2.06 bits per heavy atom. The van der Waals surface area contributed by atoms with Crippen LogP contribution in [0.4, 0.5) is 4.39 Å². The van der Waals surface area contributed by atoms with Crippen molar-refractivity contribution in [3.05, 3.63) is 63.6 Å². The molecule has 0 saturated carbocycles. The van der Waals surface area contributed by atoms with Crippen LogP contribution in [-0.4, -0.2) is 4.98 Å². The number of halogens is 2. The highest BCUT2D eigenvalue weighted by molar-refractivity contribution is 9.10. The Labute approximate surface area is 108 Å². The van der Waals surface area contributed by atoms with Crippen molar-refractivity contribution < 1.29 is 4.39 Å². The lowest BCUT2D eigenvalue weighted by Crippen LogP contribution is -2.14. The molecule has 1 heterocycles. The Morgan fingerprint density at radius 1 is 1.29 bits per heavy atom. The Bertz CT molecular complexity index is 543. The molecule has 4 heteroatoms. The highest BCUT2D eigenvalue weighted by Crippen LogP contribution is 2.29. The first kappa shape index (κ1) is 12.2. The molecule has 1 atom stereocenters. The number of nitrogens with zero attached hydrogens (tertiary/aromatic N) is 1. The average molecular weight is 295 g/mol. The molecule has 0 bridgehead atoms. The minimum Gasteiger partial charge on any atom is -0.320 e. The number of aromatic nitrogens is 1. The van der Waals surface area contributed by atoms with Crippen molar-refractivity contribution in [2.45, 2.75) is 13.0 Å². The van der Waals surface area contributed by atoms with Gasteiger partial charge >= 0.3 is 0 Å². The van der Waals surface area contributed by atoms with Gasteiger partial charge in [-0.25, -0.2) is 4.39 Å². The van der Waals surface area contributed by atoms with Crippen molar-refractivity contribution in [2.75, 3.05) is 0 Å². The summed E-state index contributed by atoms with van der Waals surface area (Å²) in [6, 6.07) is 6.89. The van der Waals surface area contributed by atoms with Gasteiger partial charge in [0.15, 0.2) is 0 Å². The van der Waals surface area contributed by atoms with Crippen LogP contribution in [0.3, 0.4) is 0 Å². The molecule has 0 fully saturated rings. The molecule has 2 N–H and O–H groups in total. The summed E-state index contributed by atoms with van der Waals surface area (Å²) in [5.41, 5.74) is 8.49. The molecule has 0 saturated heterocycles. The summed E-state index contributed by atoms with van der Waals surface area (Å²) < 4.78 is 14.5. The predicted molar refractivity (Wildman–Crippen MR) is 69.1 cm³/mol. The third-order valence-electron chi connectivity index (χ3n) is 2.70. The molecule has 2 rings (SSSR count). The molecule has 17 heavy (non-hydrogen) atoms. The van der Waals surface area contributed by atoms with Gasteiger partial charge in [0.05, 0.1) is 12.2 Å². The number of rotatable bonds is 2. The van der Waals surface area contributed by atoms with E-state index < -0.39 is 6.04 Å². The normalized spacial score (nSPS) is 12.5. The molecule has 1 aromatic heterocycles. The quantitative estimate of drug-likeness (QED) is 0.923. The molecular formula is C13H12BrFN2. The number of benzene rings is 1. The third kappa shape index (κ3) is 2.37. The van der Waals surface area contributed by atoms with Crippen LogP contribution in [-0.2, 0) is 0 Å². The lowest BCUT2D eigenvalue weighted by atomic mass is 9.99. The fourth-order valence-corrected chi connectivity index (χ4v) is 2.23. The van der Waals surface area contributed by atoms with E-state index in [-0.39, 0.29) is 5.82 Å². The van der Waals surface area contributed by atoms with Crippen LogP contribution in [0.2, 0.25) is 0 Å². The van der Waals surface area contributed by atoms with Gasteiger partial charge in [0, 0.05) is 16.2 Å². The molecule has 0 radical (unpaired) electrons. The Balaban J connectivity index is 2.48. The van der Waals surface area contributed by atoms with E-state index in [1.54, 1.807) is 12.3 Å². The SMILES string of the molecule is Cc1cccc(C(N)c2ccncc2F)c1Br. The summed E-state index contributed by atoms with van der Waals surface area (Å²) in [7, 11) is 0. The van der Waals surface area contributed by atoms with Crippen molar-refractivity contribution in [1.29, 1.82) is 0 Å². The van der Waals surface area contributed by atoms with Crippen molar-refractivity contribution in [2.24, 2.45) is 5.73 Å². The highest BCUT2D eigenvalue weighted by Gasteiger charge is 2.16. The number of nitrogens with two attached hydrogens (primary N) is 1. The predicted octanol–water partition coefficient (Wildman–Crippen LogP) is 3.34. The van der Waals surface area contributed by atoms with Crippen molar-refractivity contribution >= 4 is 15.9 Å². The molecule has 0 spiro atoms. The second-order valence-electron chi connectivity index (χ2n) is 3.85. The van der Waals surface area contributed by atoms with Gasteiger partial charge in [-0.05, 0) is 24.1 Å². The first-order valence-corrected chi connectivity index (χ1v) is 6.00. The average Bonchev–Trinajstić information content (AvgIpc) is 2.32. The van der Waals surface area contributed by atoms with E-state index in [1.807, 2.05) is 25.1 Å². The van der Waals surface area contributed by atoms with Crippen LogP contribution in [0.5, 0.6) is 0 Å². The lowest BCUT2D eigenvalue weighted by molar-refractivity contribution is 0.593. The van der Waals surface area contributed by atoms with Crippen LogP contribution in [0.25, 0.3) is 0 Å². The van der Waals surface area contributed by atoms with Gasteiger partial charge in [-0.15, -0.1) is 0 Å². The molecule has 0 amide bonds. The number of aryl methyl sites for hydroxylation is 1. The van der Waals surface area contributed by atoms with E-state index in [9.17, 15) is 4.39 Å². The molecule has 0 aliphatic rings. The smallest absolute Gasteiger partial charge is 0.146 e. The lowest BCUT2D eigenvalue weighted by Gasteiger charge is -2.16. The molecule has 1 unspecified atom stereocenters. The number of hydrogen-bond donors (Lipinski definition) is 1. The molecule has 88 valence electrons. The fourth-order valence-electron chi connectivity index (χ4n) is 1.72. The Kier molecular flexibility index (Phi) is 3.54. The first-order valence-electron chi connectivity index (χ1n) is 5.21. The number of pyridine rings is 1. The molecule has 0 aliphatic heterocycles. The van der Waals surface area contributed by atoms with Crippen LogP contribution in [0, 0.1) is 12.7 Å². The van der Waals surface area contributed by atoms with E-state index in [0.29, 0.717) is 5.56 Å². The highest BCUT2D eigenvalue weighted by atomic mass is 79.9. The second-order valence-corrected chi connectivity index (χ2v) is 4.65.